The first-order valence-corrected chi connectivity index (χ1v) is 25.3. The van der Waals surface area contributed by atoms with Gasteiger partial charge in [0.2, 0.25) is 59.1 Å². The molecular formula is C49H76N10O15. The average Bonchev–Trinajstić information content (AvgIpc) is 3.82. The van der Waals surface area contributed by atoms with Crippen molar-refractivity contribution >= 4 is 65.0 Å². The highest BCUT2D eigenvalue weighted by molar-refractivity contribution is 6.00. The first-order valence-electron chi connectivity index (χ1n) is 25.3. The number of carboxylic acids is 1. The number of phenolic OH excluding ortho intramolecular Hbond substituents is 1. The van der Waals surface area contributed by atoms with E-state index in [2.05, 4.69) is 51.1 Å². The van der Waals surface area contributed by atoms with Gasteiger partial charge in [0.1, 0.15) is 48.0 Å². The Hall–Kier alpha value is -6.89. The van der Waals surface area contributed by atoms with Gasteiger partial charge in [0, 0.05) is 31.8 Å². The molecule has 25 heteroatoms. The topological polar surface area (TPSA) is 408 Å². The predicted molar refractivity (Wildman–Crippen MR) is 264 cm³/mol. The Bertz CT molecular complexity index is 2120. The Kier molecular flexibility index (Phi) is 25.7. The molecule has 25 nitrogen and oxygen atoms in total. The molecule has 0 saturated carbocycles. The summed E-state index contributed by atoms with van der Waals surface area (Å²) < 4.78 is 0. The molecule has 1 aromatic rings. The minimum atomic E-state index is -1.84. The van der Waals surface area contributed by atoms with Crippen LogP contribution in [0.5, 0.6) is 5.75 Å². The maximum absolute atomic E-state index is 14.3. The van der Waals surface area contributed by atoms with Gasteiger partial charge in [-0.1, -0.05) is 77.3 Å². The Balaban J connectivity index is 2.10. The summed E-state index contributed by atoms with van der Waals surface area (Å²) in [5, 5.41) is 57.4. The van der Waals surface area contributed by atoms with Crippen molar-refractivity contribution in [2.45, 2.75) is 184 Å². The molecule has 2 aliphatic rings. The van der Waals surface area contributed by atoms with E-state index >= 15 is 0 Å². The van der Waals surface area contributed by atoms with Crippen LogP contribution < -0.4 is 48.7 Å². The number of carbonyl (C=O) groups is 11. The Morgan fingerprint density at radius 2 is 1.19 bits per heavy atom. The molecule has 0 spiro atoms. The predicted octanol–water partition coefficient (Wildman–Crippen LogP) is -2.12. The van der Waals surface area contributed by atoms with E-state index in [1.54, 1.807) is 0 Å². The number of benzene rings is 1. The number of phenols is 1. The van der Waals surface area contributed by atoms with Gasteiger partial charge >= 0.3 is 5.97 Å². The molecule has 0 aromatic heterocycles. The van der Waals surface area contributed by atoms with Crippen molar-refractivity contribution in [3.05, 3.63) is 29.8 Å². The summed E-state index contributed by atoms with van der Waals surface area (Å²) in [6, 6.07) is -7.33. The molecule has 74 heavy (non-hydrogen) atoms. The van der Waals surface area contributed by atoms with E-state index in [-0.39, 0.29) is 38.0 Å². The van der Waals surface area contributed by atoms with Crippen molar-refractivity contribution < 1.29 is 73.2 Å². The lowest BCUT2D eigenvalue weighted by Gasteiger charge is -2.30. The van der Waals surface area contributed by atoms with E-state index in [4.69, 9.17) is 11.5 Å². The number of nitrogens with two attached hydrogens (primary N) is 2. The van der Waals surface area contributed by atoms with Crippen LogP contribution in [0.15, 0.2) is 24.3 Å². The number of amides is 10. The maximum Gasteiger partial charge on any atom is 0.303 e. The highest BCUT2D eigenvalue weighted by atomic mass is 16.4. The van der Waals surface area contributed by atoms with Crippen molar-refractivity contribution in [2.75, 3.05) is 13.2 Å². The summed E-state index contributed by atoms with van der Waals surface area (Å²) >= 11 is 0. The summed E-state index contributed by atoms with van der Waals surface area (Å²) in [4.78, 5) is 149. The summed E-state index contributed by atoms with van der Waals surface area (Å²) in [6.45, 7) is 4.30. The molecule has 3 rings (SSSR count). The van der Waals surface area contributed by atoms with Crippen LogP contribution in [0, 0.1) is 5.92 Å². The molecule has 15 N–H and O–H groups in total. The number of nitrogens with one attached hydrogen (secondary N) is 7. The summed E-state index contributed by atoms with van der Waals surface area (Å²) in [7, 11) is 0. The van der Waals surface area contributed by atoms with Gasteiger partial charge in [0.05, 0.1) is 25.6 Å². The van der Waals surface area contributed by atoms with Crippen molar-refractivity contribution in [2.24, 2.45) is 17.4 Å². The third-order valence-corrected chi connectivity index (χ3v) is 12.7. The second-order valence-electron chi connectivity index (χ2n) is 19.5. The number of aliphatic hydroxyl groups excluding tert-OH is 2. The smallest absolute Gasteiger partial charge is 0.303 e. The van der Waals surface area contributed by atoms with Crippen molar-refractivity contribution in [1.82, 2.24) is 42.1 Å². The molecule has 412 valence electrons. The first-order chi connectivity index (χ1) is 35.0. The fraction of sp³-hybridized carbons (Fsp3) is 0.653. The van der Waals surface area contributed by atoms with E-state index < -0.39 is 158 Å². The Morgan fingerprint density at radius 1 is 0.649 bits per heavy atom. The minimum absolute atomic E-state index is 0.0153. The molecule has 0 unspecified atom stereocenters. The lowest BCUT2D eigenvalue weighted by Crippen LogP contribution is -2.61. The van der Waals surface area contributed by atoms with Crippen molar-refractivity contribution in [3.63, 3.8) is 0 Å². The lowest BCUT2D eigenvalue weighted by molar-refractivity contribution is -0.143. The molecule has 9 atom stereocenters. The zero-order valence-corrected chi connectivity index (χ0v) is 42.4. The number of fused-ring (bicyclic) bond motifs is 1. The van der Waals surface area contributed by atoms with Gasteiger partial charge in [0.15, 0.2) is 0 Å². The number of aliphatic carboxylic acids is 1. The molecule has 1 aromatic carbocycles. The van der Waals surface area contributed by atoms with Gasteiger partial charge < -0.3 is 74.0 Å². The zero-order chi connectivity index (χ0) is 55.1. The fourth-order valence-electron chi connectivity index (χ4n) is 8.69. The number of carbonyl (C=O) groups excluding carboxylic acids is 10. The molecule has 2 saturated heterocycles. The monoisotopic (exact) mass is 1040 g/mol. The first kappa shape index (κ1) is 61.4. The second kappa shape index (κ2) is 31.0. The number of aliphatic hydroxyl groups is 2. The van der Waals surface area contributed by atoms with E-state index in [9.17, 15) is 73.2 Å². The average molecular weight is 1050 g/mol. The maximum atomic E-state index is 14.3. The van der Waals surface area contributed by atoms with E-state index in [0.29, 0.717) is 24.3 Å². The Labute approximate surface area is 429 Å². The van der Waals surface area contributed by atoms with E-state index in [1.165, 1.54) is 31.2 Å². The number of unbranched alkanes of at least 4 members (excludes halogenated alkanes) is 6. The quantitative estimate of drug-likeness (QED) is 0.0586. The van der Waals surface area contributed by atoms with Gasteiger partial charge in [-0.05, 0) is 56.2 Å². The lowest BCUT2D eigenvalue weighted by atomic mass is 10.0. The highest BCUT2D eigenvalue weighted by Gasteiger charge is 2.41. The SMILES string of the molecule is CC(C)CCCCCCCCC[C@@H]1CC(=O)N[C@@H](CC(N)=O)C(=O)N[C@H](Cc2ccc(O)cc2)C(=O)N[C@H](CC(N)=O)C(=O)N2CCC[C@H]2C(=O)N[C@@H](CCC(=O)O)C(=O)N[C@H](CO)C(=O)N[C@@H]([C@H](C)O)C(=O)N1. The third-order valence-electron chi connectivity index (χ3n) is 12.7. The van der Waals surface area contributed by atoms with Crippen LogP contribution in [0.3, 0.4) is 0 Å². The second-order valence-corrected chi connectivity index (χ2v) is 19.5. The Morgan fingerprint density at radius 3 is 1.78 bits per heavy atom. The summed E-state index contributed by atoms with van der Waals surface area (Å²) in [6.07, 6.45) is 2.38. The molecule has 2 aliphatic heterocycles. The van der Waals surface area contributed by atoms with Crippen LogP contribution in [0.2, 0.25) is 0 Å². The van der Waals surface area contributed by atoms with Crippen LogP contribution >= 0.6 is 0 Å². The number of hydrogen-bond donors (Lipinski definition) is 13. The van der Waals surface area contributed by atoms with Gasteiger partial charge in [-0.15, -0.1) is 0 Å². The fourth-order valence-corrected chi connectivity index (χ4v) is 8.69. The molecule has 0 aliphatic carbocycles. The molecule has 2 fully saturated rings. The van der Waals surface area contributed by atoms with Gasteiger partial charge in [-0.3, -0.25) is 52.7 Å². The van der Waals surface area contributed by atoms with Crippen molar-refractivity contribution in [3.8, 4) is 5.75 Å². The molecule has 0 bridgehead atoms. The summed E-state index contributed by atoms with van der Waals surface area (Å²) in [5.41, 5.74) is 11.4. The van der Waals surface area contributed by atoms with Crippen LogP contribution in [-0.2, 0) is 59.2 Å². The molecule has 10 amide bonds. The van der Waals surface area contributed by atoms with Gasteiger partial charge in [-0.25, -0.2) is 0 Å². The number of nitrogens with zero attached hydrogens (tertiary/aromatic N) is 1. The number of carboxylic acid groups (broad SMARTS) is 1. The van der Waals surface area contributed by atoms with Crippen LogP contribution in [-0.4, -0.2) is 158 Å². The van der Waals surface area contributed by atoms with Gasteiger partial charge in [-0.2, -0.15) is 0 Å². The minimum Gasteiger partial charge on any atom is -0.508 e. The number of hydrogen-bond acceptors (Lipinski definition) is 14. The zero-order valence-electron chi connectivity index (χ0n) is 42.4. The number of rotatable bonds is 21. The van der Waals surface area contributed by atoms with E-state index in [0.717, 1.165) is 43.4 Å². The normalized spacial score (nSPS) is 24.6. The molecule has 2 heterocycles. The largest absolute Gasteiger partial charge is 0.508 e. The van der Waals surface area contributed by atoms with Crippen LogP contribution in [0.25, 0.3) is 0 Å². The molecule has 0 radical (unpaired) electrons. The van der Waals surface area contributed by atoms with Crippen LogP contribution in [0.4, 0.5) is 0 Å². The standard InChI is InChI=1S/C49H76N10O15/c1-27(2)12-9-7-5-4-6-8-10-13-30-23-40(65)53-34(24-38(50)63)45(70)55-33(22-29-15-17-31(62)18-16-29)44(69)56-35(25-39(51)64)49(74)59-21-11-14-37(59)47(72)54-32(19-20-41(66)67)43(68)57-36(26-60)46(71)58-42(28(3)61)48(73)52-30/h15-18,27-28,30,32-37,42,60-62H,4-14,19-26H2,1-3H3,(H2,50,63)(H2,51,64)(H,52,73)(H,53,65)(H,54,72)(H,55,70)(H,56,69)(H,57,68)(H,58,71)(H,66,67)/t28-,30+,32-,33+,34-,35+,36+,37-,42-/m0/s1. The highest BCUT2D eigenvalue weighted by Crippen LogP contribution is 2.21. The number of aromatic hydroxyl groups is 1. The third kappa shape index (κ3) is 21.3. The van der Waals surface area contributed by atoms with Gasteiger partial charge in [0.25, 0.3) is 0 Å². The van der Waals surface area contributed by atoms with Crippen molar-refractivity contribution in [1.29, 1.82) is 0 Å². The van der Waals surface area contributed by atoms with Crippen LogP contribution in [0.1, 0.15) is 129 Å². The van der Waals surface area contributed by atoms with E-state index in [1.807, 2.05) is 0 Å². The summed E-state index contributed by atoms with van der Waals surface area (Å²) in [5.74, 6) is -11.3. The molecular weight excluding hydrogens is 969 g/mol. The number of primary amides is 2.